The van der Waals surface area contributed by atoms with Gasteiger partial charge in [-0.05, 0) is 105 Å². The number of aliphatic hydroxyl groups is 1. The lowest BCUT2D eigenvalue weighted by Crippen LogP contribution is -2.52. The van der Waals surface area contributed by atoms with Crippen LogP contribution >= 0.6 is 0 Å². The molecule has 4 nitrogen and oxygen atoms in total. The SMILES string of the molecule is C[C@@]1(O)CC[C@H]2[C@H](CC[C@@H]3[C@@H]2CC[C@@]2(C)[C@H]3[C@@H]3C[C@@H]3[C@@H]2C(=O)Cn2cc(F)cn2)C1. The minimum absolute atomic E-state index is 0.116. The summed E-state index contributed by atoms with van der Waals surface area (Å²) in [5.41, 5.74) is -0.347. The van der Waals surface area contributed by atoms with Crippen molar-refractivity contribution in [3.8, 4) is 0 Å². The third-order valence-corrected chi connectivity index (χ3v) is 10.3. The van der Waals surface area contributed by atoms with Gasteiger partial charge in [0.2, 0.25) is 0 Å². The summed E-state index contributed by atoms with van der Waals surface area (Å²) in [6.45, 7) is 4.65. The molecule has 5 aliphatic carbocycles. The zero-order valence-electron chi connectivity index (χ0n) is 18.3. The predicted octanol–water partition coefficient (Wildman–Crippen LogP) is 4.47. The van der Waals surface area contributed by atoms with Crippen LogP contribution in [-0.2, 0) is 11.3 Å². The highest BCUT2D eigenvalue weighted by Gasteiger charge is 2.70. The maximum Gasteiger partial charge on any atom is 0.161 e. The van der Waals surface area contributed by atoms with Gasteiger partial charge in [-0.2, -0.15) is 5.10 Å². The molecule has 10 atom stereocenters. The monoisotopic (exact) mass is 414 g/mol. The molecule has 0 radical (unpaired) electrons. The van der Waals surface area contributed by atoms with Crippen LogP contribution in [0.2, 0.25) is 0 Å². The van der Waals surface area contributed by atoms with Crippen molar-refractivity contribution in [1.82, 2.24) is 9.78 Å². The molecule has 30 heavy (non-hydrogen) atoms. The third kappa shape index (κ3) is 2.79. The Morgan fingerprint density at radius 3 is 2.70 bits per heavy atom. The number of halogens is 1. The molecule has 5 fully saturated rings. The lowest BCUT2D eigenvalue weighted by Gasteiger charge is -2.57. The first-order valence-corrected chi connectivity index (χ1v) is 12.2. The molecule has 0 bridgehead atoms. The van der Waals surface area contributed by atoms with Gasteiger partial charge in [-0.25, -0.2) is 4.39 Å². The summed E-state index contributed by atoms with van der Waals surface area (Å²) in [6, 6.07) is 0. The van der Waals surface area contributed by atoms with Gasteiger partial charge in [0.05, 0.1) is 24.5 Å². The van der Waals surface area contributed by atoms with Crippen molar-refractivity contribution in [2.75, 3.05) is 0 Å². The average Bonchev–Trinajstić information content (AvgIpc) is 3.23. The Morgan fingerprint density at radius 2 is 1.93 bits per heavy atom. The summed E-state index contributed by atoms with van der Waals surface area (Å²) in [4.78, 5) is 13.4. The minimum atomic E-state index is -0.463. The minimum Gasteiger partial charge on any atom is -0.390 e. The number of nitrogens with zero attached hydrogens (tertiary/aromatic N) is 2. The smallest absolute Gasteiger partial charge is 0.161 e. The standard InChI is InChI=1S/C25H35FN2O2/c1-24(30)7-5-16-14(10-24)3-4-18-17(16)6-8-25(2)22(18)19-9-20(19)23(25)21(29)13-28-12-15(26)11-27-28/h11-12,14,16-20,22-23,30H,3-10,13H2,1-2H3/t14-,16+,17-,18-,19-,20+,22-,23-,24-,25+/m1/s1. The van der Waals surface area contributed by atoms with Gasteiger partial charge in [-0.15, -0.1) is 0 Å². The van der Waals surface area contributed by atoms with E-state index in [4.69, 9.17) is 0 Å². The number of Topliss-reactive ketones (excluding diaryl/α,β-unsaturated/α-hetero) is 1. The molecule has 5 heteroatoms. The lowest BCUT2D eigenvalue weighted by molar-refractivity contribution is -0.136. The first-order chi connectivity index (χ1) is 14.3. The van der Waals surface area contributed by atoms with Gasteiger partial charge in [0.25, 0.3) is 0 Å². The topological polar surface area (TPSA) is 55.1 Å². The fourth-order valence-corrected chi connectivity index (χ4v) is 9.34. The van der Waals surface area contributed by atoms with Crippen LogP contribution in [0, 0.1) is 58.6 Å². The van der Waals surface area contributed by atoms with E-state index in [1.54, 1.807) is 0 Å². The van der Waals surface area contributed by atoms with Crippen molar-refractivity contribution in [1.29, 1.82) is 0 Å². The zero-order chi connectivity index (χ0) is 20.8. The fraction of sp³-hybridized carbons (Fsp3) is 0.840. The molecule has 6 rings (SSSR count). The molecule has 0 aliphatic heterocycles. The normalized spacial score (nSPS) is 51.5. The second-order valence-corrected chi connectivity index (χ2v) is 12.0. The van der Waals surface area contributed by atoms with Gasteiger partial charge in [0, 0.05) is 5.92 Å². The highest BCUT2D eigenvalue weighted by atomic mass is 19.1. The van der Waals surface area contributed by atoms with E-state index >= 15 is 0 Å². The van der Waals surface area contributed by atoms with E-state index in [2.05, 4.69) is 12.0 Å². The van der Waals surface area contributed by atoms with Crippen LogP contribution in [0.5, 0.6) is 0 Å². The van der Waals surface area contributed by atoms with Gasteiger partial charge in [0.15, 0.2) is 11.6 Å². The Balaban J connectivity index is 1.23. The molecule has 0 amide bonds. The Morgan fingerprint density at radius 1 is 1.13 bits per heavy atom. The largest absolute Gasteiger partial charge is 0.390 e. The Hall–Kier alpha value is -1.23. The van der Waals surface area contributed by atoms with Crippen molar-refractivity contribution in [3.63, 3.8) is 0 Å². The molecule has 1 aromatic heterocycles. The molecule has 1 N–H and O–H groups in total. The van der Waals surface area contributed by atoms with Gasteiger partial charge in [-0.1, -0.05) is 6.92 Å². The van der Waals surface area contributed by atoms with Crippen molar-refractivity contribution >= 4 is 5.78 Å². The van der Waals surface area contributed by atoms with E-state index in [-0.39, 0.29) is 29.5 Å². The van der Waals surface area contributed by atoms with Crippen LogP contribution in [0.25, 0.3) is 0 Å². The van der Waals surface area contributed by atoms with Crippen LogP contribution in [0.4, 0.5) is 4.39 Å². The summed E-state index contributed by atoms with van der Waals surface area (Å²) >= 11 is 0. The van der Waals surface area contributed by atoms with Crippen LogP contribution in [0.15, 0.2) is 12.4 Å². The maximum absolute atomic E-state index is 13.4. The van der Waals surface area contributed by atoms with Gasteiger partial charge >= 0.3 is 0 Å². The average molecular weight is 415 g/mol. The van der Waals surface area contributed by atoms with Crippen LogP contribution in [0.3, 0.4) is 0 Å². The van der Waals surface area contributed by atoms with E-state index in [1.807, 2.05) is 6.92 Å². The highest BCUT2D eigenvalue weighted by molar-refractivity contribution is 5.83. The molecule has 5 aliphatic rings. The molecule has 0 saturated heterocycles. The molecule has 0 spiro atoms. The quantitative estimate of drug-likeness (QED) is 0.794. The molecule has 1 aromatic rings. The number of hydrogen-bond donors (Lipinski definition) is 1. The summed E-state index contributed by atoms with van der Waals surface area (Å²) in [5.74, 6) is 5.05. The second-order valence-electron chi connectivity index (χ2n) is 12.0. The van der Waals surface area contributed by atoms with Crippen molar-refractivity contribution < 1.29 is 14.3 Å². The van der Waals surface area contributed by atoms with E-state index in [1.165, 1.54) is 49.2 Å². The number of aromatic nitrogens is 2. The molecule has 5 saturated carbocycles. The van der Waals surface area contributed by atoms with E-state index < -0.39 is 5.60 Å². The maximum atomic E-state index is 13.4. The molecule has 164 valence electrons. The van der Waals surface area contributed by atoms with E-state index in [9.17, 15) is 14.3 Å². The van der Waals surface area contributed by atoms with Crippen molar-refractivity contribution in [2.45, 2.75) is 77.4 Å². The first-order valence-electron chi connectivity index (χ1n) is 12.2. The molecule has 1 heterocycles. The van der Waals surface area contributed by atoms with Gasteiger partial charge < -0.3 is 5.11 Å². The Kier molecular flexibility index (Phi) is 4.15. The summed E-state index contributed by atoms with van der Waals surface area (Å²) < 4.78 is 14.8. The summed E-state index contributed by atoms with van der Waals surface area (Å²) in [7, 11) is 0. The van der Waals surface area contributed by atoms with Crippen molar-refractivity contribution in [2.24, 2.45) is 52.8 Å². The summed E-state index contributed by atoms with van der Waals surface area (Å²) in [5, 5.41) is 14.6. The lowest BCUT2D eigenvalue weighted by atomic mass is 9.48. The molecule has 0 unspecified atom stereocenters. The van der Waals surface area contributed by atoms with E-state index in [0.29, 0.717) is 17.8 Å². The Labute approximate surface area is 178 Å². The number of carbonyl (C=O) groups excluding carboxylic acids is 1. The van der Waals surface area contributed by atoms with Crippen molar-refractivity contribution in [3.05, 3.63) is 18.2 Å². The number of carbonyl (C=O) groups is 1. The molecule has 0 aromatic carbocycles. The van der Waals surface area contributed by atoms with Gasteiger partial charge in [-0.3, -0.25) is 9.48 Å². The zero-order valence-corrected chi connectivity index (χ0v) is 18.3. The fourth-order valence-electron chi connectivity index (χ4n) is 9.34. The number of fused-ring (bicyclic) bond motifs is 7. The third-order valence-electron chi connectivity index (χ3n) is 10.3. The number of rotatable bonds is 3. The predicted molar refractivity (Wildman–Crippen MR) is 111 cm³/mol. The second kappa shape index (κ2) is 6.40. The summed E-state index contributed by atoms with van der Waals surface area (Å²) in [6.07, 6.45) is 11.8. The Bertz CT molecular complexity index is 865. The van der Waals surface area contributed by atoms with E-state index in [0.717, 1.165) is 42.9 Å². The number of ketones is 1. The molecular weight excluding hydrogens is 379 g/mol. The highest BCUT2D eigenvalue weighted by Crippen LogP contribution is 2.74. The first kappa shape index (κ1) is 19.5. The van der Waals surface area contributed by atoms with Crippen LogP contribution in [-0.4, -0.2) is 26.3 Å². The molecular formula is C25H35FN2O2. The van der Waals surface area contributed by atoms with Gasteiger partial charge in [0.1, 0.15) is 0 Å². The van der Waals surface area contributed by atoms with Crippen LogP contribution < -0.4 is 0 Å². The van der Waals surface area contributed by atoms with Crippen LogP contribution in [0.1, 0.15) is 65.2 Å². The number of hydrogen-bond acceptors (Lipinski definition) is 3.